The maximum Gasteiger partial charge on any atom is 0.238 e. The van der Waals surface area contributed by atoms with Crippen molar-refractivity contribution in [3.63, 3.8) is 0 Å². The van der Waals surface area contributed by atoms with Crippen LogP contribution in [0.1, 0.15) is 25.7 Å². The molecule has 6 heteroatoms. The molecule has 0 amide bonds. The number of nitrogens with one attached hydrogen (secondary N) is 1. The molecule has 2 N–H and O–H groups in total. The zero-order valence-corrected chi connectivity index (χ0v) is 12.2. The van der Waals surface area contributed by atoms with Crippen LogP contribution in [0.25, 0.3) is 0 Å². The van der Waals surface area contributed by atoms with Crippen molar-refractivity contribution in [2.75, 3.05) is 4.72 Å². The van der Waals surface area contributed by atoms with Gasteiger partial charge in [-0.15, -0.1) is 0 Å². The van der Waals surface area contributed by atoms with Crippen LogP contribution in [-0.2, 0) is 10.0 Å². The molecule has 2 atom stereocenters. The molecule has 1 saturated carbocycles. The van der Waals surface area contributed by atoms with E-state index in [0.717, 1.165) is 17.3 Å². The van der Waals surface area contributed by atoms with Gasteiger partial charge in [0.05, 0.1) is 6.10 Å². The van der Waals surface area contributed by atoms with E-state index in [1.165, 1.54) is 0 Å². The highest BCUT2D eigenvalue weighted by molar-refractivity contribution is 9.10. The molecule has 100 valence electrons. The molecule has 4 nitrogen and oxygen atoms in total. The van der Waals surface area contributed by atoms with Crippen LogP contribution in [0.4, 0.5) is 5.69 Å². The number of aliphatic hydroxyl groups excluding tert-OH is 1. The molecule has 0 spiro atoms. The first-order chi connectivity index (χ1) is 8.49. The summed E-state index contributed by atoms with van der Waals surface area (Å²) in [5, 5.41) is 9.10. The molecule has 0 aromatic heterocycles. The van der Waals surface area contributed by atoms with Gasteiger partial charge in [0.2, 0.25) is 10.0 Å². The third-order valence-corrected chi connectivity index (χ3v) is 5.57. The van der Waals surface area contributed by atoms with Crippen molar-refractivity contribution in [3.05, 3.63) is 28.7 Å². The lowest BCUT2D eigenvalue weighted by molar-refractivity contribution is 0.133. The lowest BCUT2D eigenvalue weighted by atomic mass is 9.97. The Labute approximate surface area is 116 Å². The summed E-state index contributed by atoms with van der Waals surface area (Å²) in [5.74, 6) is 0. The monoisotopic (exact) mass is 333 g/mol. The van der Waals surface area contributed by atoms with Gasteiger partial charge >= 0.3 is 0 Å². The fourth-order valence-corrected chi connectivity index (χ4v) is 4.10. The van der Waals surface area contributed by atoms with Gasteiger partial charge in [-0.05, 0) is 37.1 Å². The number of benzene rings is 1. The minimum absolute atomic E-state index is 0.521. The molecule has 1 aromatic rings. The van der Waals surface area contributed by atoms with E-state index in [2.05, 4.69) is 20.7 Å². The molecule has 0 heterocycles. The summed E-state index contributed by atoms with van der Waals surface area (Å²) < 4.78 is 27.8. The van der Waals surface area contributed by atoms with Crippen molar-refractivity contribution in [2.45, 2.75) is 37.0 Å². The summed E-state index contributed by atoms with van der Waals surface area (Å²) >= 11 is 3.29. The van der Waals surface area contributed by atoms with Gasteiger partial charge in [0.1, 0.15) is 5.25 Å². The average Bonchev–Trinajstić information content (AvgIpc) is 2.32. The van der Waals surface area contributed by atoms with E-state index in [9.17, 15) is 13.5 Å². The first-order valence-corrected chi connectivity index (χ1v) is 8.28. The van der Waals surface area contributed by atoms with E-state index in [4.69, 9.17) is 0 Å². The van der Waals surface area contributed by atoms with Crippen molar-refractivity contribution < 1.29 is 13.5 Å². The highest BCUT2D eigenvalue weighted by atomic mass is 79.9. The molecule has 0 saturated heterocycles. The largest absolute Gasteiger partial charge is 0.392 e. The van der Waals surface area contributed by atoms with E-state index in [1.807, 2.05) is 0 Å². The van der Waals surface area contributed by atoms with E-state index in [1.54, 1.807) is 24.3 Å². The highest BCUT2D eigenvalue weighted by Crippen LogP contribution is 2.26. The van der Waals surface area contributed by atoms with Crippen LogP contribution in [0, 0.1) is 0 Å². The Bertz CT molecular complexity index is 501. The maximum atomic E-state index is 12.2. The Kier molecular flexibility index (Phi) is 4.29. The van der Waals surface area contributed by atoms with Crippen LogP contribution in [0.5, 0.6) is 0 Å². The summed E-state index contributed by atoms with van der Waals surface area (Å²) in [6.07, 6.45) is 2.07. The fourth-order valence-electron chi connectivity index (χ4n) is 2.20. The van der Waals surface area contributed by atoms with Crippen LogP contribution in [0.15, 0.2) is 28.7 Å². The molecule has 2 rings (SSSR count). The predicted molar refractivity (Wildman–Crippen MR) is 74.9 cm³/mol. The first kappa shape index (κ1) is 13.8. The standard InChI is InChI=1S/C12H16BrNO3S/c13-9-5-7-10(8-6-9)14-18(16,17)12-4-2-1-3-11(12)15/h5-8,11-12,14-15H,1-4H2. The Morgan fingerprint density at radius 2 is 1.78 bits per heavy atom. The lowest BCUT2D eigenvalue weighted by Gasteiger charge is -2.27. The first-order valence-electron chi connectivity index (χ1n) is 5.94. The normalized spacial score (nSPS) is 24.8. The van der Waals surface area contributed by atoms with Gasteiger partial charge in [-0.3, -0.25) is 4.72 Å². The highest BCUT2D eigenvalue weighted by Gasteiger charge is 2.34. The van der Waals surface area contributed by atoms with E-state index in [-0.39, 0.29) is 0 Å². The number of hydrogen-bond donors (Lipinski definition) is 2. The molecule has 0 radical (unpaired) electrons. The van der Waals surface area contributed by atoms with E-state index >= 15 is 0 Å². The van der Waals surface area contributed by atoms with Gasteiger partial charge in [0, 0.05) is 10.2 Å². The second kappa shape index (κ2) is 5.59. The number of halogens is 1. The van der Waals surface area contributed by atoms with Gasteiger partial charge in [0.15, 0.2) is 0 Å². The van der Waals surface area contributed by atoms with Gasteiger partial charge < -0.3 is 5.11 Å². The minimum Gasteiger partial charge on any atom is -0.392 e. The average molecular weight is 334 g/mol. The Hall–Kier alpha value is -0.590. The Morgan fingerprint density at radius 3 is 2.39 bits per heavy atom. The topological polar surface area (TPSA) is 66.4 Å². The number of hydrogen-bond acceptors (Lipinski definition) is 3. The second-order valence-corrected chi connectivity index (χ2v) is 7.36. The Morgan fingerprint density at radius 1 is 1.17 bits per heavy atom. The van der Waals surface area contributed by atoms with E-state index < -0.39 is 21.4 Å². The van der Waals surface area contributed by atoms with E-state index in [0.29, 0.717) is 18.5 Å². The molecular weight excluding hydrogens is 318 g/mol. The molecule has 1 aromatic carbocycles. The molecule has 1 aliphatic carbocycles. The summed E-state index contributed by atoms with van der Waals surface area (Å²) in [6, 6.07) is 6.93. The molecule has 2 unspecified atom stereocenters. The molecule has 0 bridgehead atoms. The number of rotatable bonds is 3. The summed E-state index contributed by atoms with van der Waals surface area (Å²) in [6.45, 7) is 0. The molecular formula is C12H16BrNO3S. The van der Waals surface area contributed by atoms with Crippen molar-refractivity contribution in [1.29, 1.82) is 0 Å². The van der Waals surface area contributed by atoms with Gasteiger partial charge in [-0.2, -0.15) is 0 Å². The van der Waals surface area contributed by atoms with Crippen LogP contribution in [0.2, 0.25) is 0 Å². The van der Waals surface area contributed by atoms with Gasteiger partial charge in [-0.1, -0.05) is 28.8 Å². The van der Waals surface area contributed by atoms with Gasteiger partial charge in [0.25, 0.3) is 0 Å². The molecule has 1 fully saturated rings. The predicted octanol–water partition coefficient (Wildman–Crippen LogP) is 2.49. The summed E-state index contributed by atoms with van der Waals surface area (Å²) in [4.78, 5) is 0. The van der Waals surface area contributed by atoms with Crippen molar-refractivity contribution in [2.24, 2.45) is 0 Å². The third-order valence-electron chi connectivity index (χ3n) is 3.17. The number of sulfonamides is 1. The SMILES string of the molecule is O=S(=O)(Nc1ccc(Br)cc1)C1CCCCC1O. The van der Waals surface area contributed by atoms with Crippen molar-refractivity contribution in [3.8, 4) is 0 Å². The minimum atomic E-state index is -3.51. The maximum absolute atomic E-state index is 12.2. The zero-order chi connectivity index (χ0) is 13.2. The van der Waals surface area contributed by atoms with Crippen LogP contribution in [0.3, 0.4) is 0 Å². The molecule has 1 aliphatic rings. The Balaban J connectivity index is 2.13. The van der Waals surface area contributed by atoms with Gasteiger partial charge in [-0.25, -0.2) is 8.42 Å². The second-order valence-electron chi connectivity index (χ2n) is 4.54. The third kappa shape index (κ3) is 3.24. The van der Waals surface area contributed by atoms with Crippen molar-refractivity contribution in [1.82, 2.24) is 0 Å². The lowest BCUT2D eigenvalue weighted by Crippen LogP contribution is -2.40. The smallest absolute Gasteiger partial charge is 0.238 e. The summed E-state index contributed by atoms with van der Waals surface area (Å²) in [5.41, 5.74) is 0.524. The quantitative estimate of drug-likeness (QED) is 0.893. The van der Waals surface area contributed by atoms with Crippen LogP contribution in [-0.4, -0.2) is 24.9 Å². The number of anilines is 1. The van der Waals surface area contributed by atoms with Crippen LogP contribution < -0.4 is 4.72 Å². The number of aliphatic hydroxyl groups is 1. The molecule has 0 aliphatic heterocycles. The molecule has 18 heavy (non-hydrogen) atoms. The fraction of sp³-hybridized carbons (Fsp3) is 0.500. The zero-order valence-electron chi connectivity index (χ0n) is 9.84. The van der Waals surface area contributed by atoms with Crippen molar-refractivity contribution >= 4 is 31.6 Å². The van der Waals surface area contributed by atoms with Crippen LogP contribution >= 0.6 is 15.9 Å². The summed E-state index contributed by atoms with van der Waals surface area (Å²) in [7, 11) is -3.51.